The van der Waals surface area contributed by atoms with E-state index in [0.29, 0.717) is 11.9 Å². The molecule has 1 unspecified atom stereocenters. The molecule has 0 saturated carbocycles. The molecule has 4 heterocycles. The first-order chi connectivity index (χ1) is 12.7. The van der Waals surface area contributed by atoms with Gasteiger partial charge in [0.2, 0.25) is 5.95 Å². The summed E-state index contributed by atoms with van der Waals surface area (Å²) >= 11 is 0. The normalized spacial score (nSPS) is 18.5. The molecule has 9 heteroatoms. The fourth-order valence-electron chi connectivity index (χ4n) is 3.56. The van der Waals surface area contributed by atoms with Crippen LogP contribution >= 0.6 is 0 Å². The van der Waals surface area contributed by atoms with Crippen molar-refractivity contribution >= 4 is 22.7 Å². The molecule has 9 nitrogen and oxygen atoms in total. The maximum atomic E-state index is 9.17. The Hall–Kier alpha value is -2.52. The largest absolute Gasteiger partial charge is 0.395 e. The van der Waals surface area contributed by atoms with Crippen molar-refractivity contribution in [2.75, 3.05) is 31.6 Å². The predicted octanol–water partition coefficient (Wildman–Crippen LogP) is 1.01. The molecule has 3 aromatic heterocycles. The van der Waals surface area contributed by atoms with E-state index in [0.717, 1.165) is 49.3 Å². The van der Waals surface area contributed by atoms with Gasteiger partial charge in [0, 0.05) is 39.1 Å². The maximum absolute atomic E-state index is 9.17. The number of nitrogens with zero attached hydrogens (tertiary/aromatic N) is 7. The van der Waals surface area contributed by atoms with E-state index in [1.807, 2.05) is 24.1 Å². The van der Waals surface area contributed by atoms with Crippen LogP contribution in [0.1, 0.15) is 12.8 Å². The summed E-state index contributed by atoms with van der Waals surface area (Å²) in [4.78, 5) is 11.3. The second kappa shape index (κ2) is 7.38. The van der Waals surface area contributed by atoms with Crippen LogP contribution in [0.25, 0.3) is 11.0 Å². The molecule has 0 aliphatic carbocycles. The molecule has 0 spiro atoms. The van der Waals surface area contributed by atoms with E-state index in [9.17, 15) is 0 Å². The number of hydrogen-bond donors (Lipinski definition) is 2. The molecule has 1 atom stereocenters. The zero-order valence-corrected chi connectivity index (χ0v) is 14.9. The topological polar surface area (TPSA) is 96.9 Å². The average Bonchev–Trinajstić information content (AvgIpc) is 3.22. The zero-order chi connectivity index (χ0) is 17.9. The van der Waals surface area contributed by atoms with Crippen molar-refractivity contribution in [3.05, 3.63) is 24.8 Å². The van der Waals surface area contributed by atoms with Crippen LogP contribution in [-0.4, -0.2) is 65.8 Å². The second-order valence-corrected chi connectivity index (χ2v) is 6.86. The van der Waals surface area contributed by atoms with Crippen molar-refractivity contribution in [1.82, 2.24) is 34.4 Å². The smallest absolute Gasteiger partial charge is 0.229 e. The fourth-order valence-corrected chi connectivity index (χ4v) is 3.56. The Kier molecular flexibility index (Phi) is 4.81. The van der Waals surface area contributed by atoms with Crippen LogP contribution in [0.4, 0.5) is 11.6 Å². The summed E-state index contributed by atoms with van der Waals surface area (Å²) in [5, 5.41) is 21.9. The number of fused-ring (bicyclic) bond motifs is 1. The number of β-amino-alcohol motifs (C(OH)–C–C–N with tert-alkyl or cyclic N) is 1. The summed E-state index contributed by atoms with van der Waals surface area (Å²) in [5.41, 5.74) is 1.69. The molecule has 26 heavy (non-hydrogen) atoms. The van der Waals surface area contributed by atoms with Gasteiger partial charge in [-0.25, -0.2) is 9.67 Å². The van der Waals surface area contributed by atoms with Crippen molar-refractivity contribution in [3.8, 4) is 0 Å². The van der Waals surface area contributed by atoms with E-state index in [2.05, 4.69) is 30.4 Å². The van der Waals surface area contributed by atoms with E-state index in [4.69, 9.17) is 5.11 Å². The van der Waals surface area contributed by atoms with Gasteiger partial charge in [0.15, 0.2) is 5.65 Å². The lowest BCUT2D eigenvalue weighted by Gasteiger charge is -2.32. The van der Waals surface area contributed by atoms with Crippen molar-refractivity contribution in [3.63, 3.8) is 0 Å². The Labute approximate surface area is 151 Å². The Morgan fingerprint density at radius 2 is 2.19 bits per heavy atom. The lowest BCUT2D eigenvalue weighted by Crippen LogP contribution is -2.38. The van der Waals surface area contributed by atoms with Gasteiger partial charge in [-0.2, -0.15) is 15.2 Å². The van der Waals surface area contributed by atoms with Crippen LogP contribution in [0.5, 0.6) is 0 Å². The lowest BCUT2D eigenvalue weighted by molar-refractivity contribution is 0.131. The minimum Gasteiger partial charge on any atom is -0.395 e. The van der Waals surface area contributed by atoms with E-state index in [1.165, 1.54) is 6.42 Å². The number of piperidine rings is 1. The van der Waals surface area contributed by atoms with Gasteiger partial charge >= 0.3 is 0 Å². The summed E-state index contributed by atoms with van der Waals surface area (Å²) in [6.07, 6.45) is 9.56. The van der Waals surface area contributed by atoms with Gasteiger partial charge in [0.05, 0.1) is 30.1 Å². The van der Waals surface area contributed by atoms with E-state index in [-0.39, 0.29) is 6.61 Å². The molecule has 1 fully saturated rings. The number of aromatic nitrogens is 6. The van der Waals surface area contributed by atoms with E-state index in [1.54, 1.807) is 17.1 Å². The number of hydrogen-bond acceptors (Lipinski definition) is 7. The molecule has 0 aromatic carbocycles. The minimum absolute atomic E-state index is 0.216. The number of likely N-dealkylation sites (tertiary alicyclic amines) is 1. The Morgan fingerprint density at radius 1 is 1.27 bits per heavy atom. The Bertz CT molecular complexity index is 871. The molecule has 4 rings (SSSR count). The van der Waals surface area contributed by atoms with E-state index < -0.39 is 0 Å². The molecule has 138 valence electrons. The third kappa shape index (κ3) is 3.68. The van der Waals surface area contributed by atoms with Crippen LogP contribution in [0, 0.1) is 5.92 Å². The molecule has 0 amide bonds. The highest BCUT2D eigenvalue weighted by Crippen LogP contribution is 2.21. The van der Waals surface area contributed by atoms with Gasteiger partial charge in [0.25, 0.3) is 0 Å². The van der Waals surface area contributed by atoms with Crippen molar-refractivity contribution in [1.29, 1.82) is 0 Å². The third-order valence-corrected chi connectivity index (χ3v) is 4.79. The van der Waals surface area contributed by atoms with Crippen LogP contribution in [0.15, 0.2) is 24.8 Å². The molecular weight excluding hydrogens is 332 g/mol. The summed E-state index contributed by atoms with van der Waals surface area (Å²) in [6, 6.07) is 0. The van der Waals surface area contributed by atoms with Crippen LogP contribution in [0.2, 0.25) is 0 Å². The molecule has 0 radical (unpaired) electrons. The van der Waals surface area contributed by atoms with Gasteiger partial charge in [-0.05, 0) is 25.3 Å². The van der Waals surface area contributed by atoms with Crippen LogP contribution in [0.3, 0.4) is 0 Å². The molecule has 3 aromatic rings. The first kappa shape index (κ1) is 16.9. The SMILES string of the molecule is Cn1cc(Nc2ncc3cnn(CC4CCCN(CCO)C4)c3n2)cn1. The highest BCUT2D eigenvalue weighted by atomic mass is 16.3. The second-order valence-electron chi connectivity index (χ2n) is 6.86. The molecule has 1 saturated heterocycles. The highest BCUT2D eigenvalue weighted by Gasteiger charge is 2.21. The summed E-state index contributed by atoms with van der Waals surface area (Å²) in [5.74, 6) is 1.06. The molecule has 1 aliphatic rings. The van der Waals surface area contributed by atoms with Gasteiger partial charge in [0.1, 0.15) is 0 Å². The number of rotatable bonds is 6. The van der Waals surface area contributed by atoms with Crippen molar-refractivity contribution in [2.24, 2.45) is 13.0 Å². The highest BCUT2D eigenvalue weighted by molar-refractivity contribution is 5.75. The average molecular weight is 356 g/mol. The van der Waals surface area contributed by atoms with E-state index >= 15 is 0 Å². The number of aliphatic hydroxyl groups is 1. The van der Waals surface area contributed by atoms with Gasteiger partial charge in [-0.1, -0.05) is 0 Å². The van der Waals surface area contributed by atoms with Crippen molar-refractivity contribution < 1.29 is 5.11 Å². The molecule has 2 N–H and O–H groups in total. The van der Waals surface area contributed by atoms with Gasteiger partial charge in [-0.3, -0.25) is 4.68 Å². The Morgan fingerprint density at radius 3 is 3.00 bits per heavy atom. The Balaban J connectivity index is 1.51. The first-order valence-electron chi connectivity index (χ1n) is 8.99. The number of nitrogens with one attached hydrogen (secondary N) is 1. The zero-order valence-electron chi connectivity index (χ0n) is 14.9. The van der Waals surface area contributed by atoms with Gasteiger partial charge in [-0.15, -0.1) is 0 Å². The minimum atomic E-state index is 0.216. The number of aliphatic hydroxyl groups excluding tert-OH is 1. The molecule has 0 bridgehead atoms. The summed E-state index contributed by atoms with van der Waals surface area (Å²) in [6.45, 7) is 3.85. The number of aryl methyl sites for hydroxylation is 1. The first-order valence-corrected chi connectivity index (χ1v) is 8.99. The summed E-state index contributed by atoms with van der Waals surface area (Å²) in [7, 11) is 1.87. The molecular formula is C17H24N8O. The van der Waals surface area contributed by atoms with Crippen LogP contribution in [-0.2, 0) is 13.6 Å². The third-order valence-electron chi connectivity index (χ3n) is 4.79. The molecule has 1 aliphatic heterocycles. The van der Waals surface area contributed by atoms with Gasteiger partial charge < -0.3 is 15.3 Å². The standard InChI is InChI=1S/C17H24N8O/c1-23-12-15(9-19-23)21-17-18-7-14-8-20-25(16(14)22-17)11-13-3-2-4-24(10-13)5-6-26/h7-9,12-13,26H,2-6,10-11H2,1H3,(H,18,21,22). The quantitative estimate of drug-likeness (QED) is 0.680. The fraction of sp³-hybridized carbons (Fsp3) is 0.529. The monoisotopic (exact) mass is 356 g/mol. The summed E-state index contributed by atoms with van der Waals surface area (Å²) < 4.78 is 3.70. The van der Waals surface area contributed by atoms with Crippen molar-refractivity contribution in [2.45, 2.75) is 19.4 Å². The predicted molar refractivity (Wildman–Crippen MR) is 98.1 cm³/mol. The number of anilines is 2. The van der Waals surface area contributed by atoms with Crippen LogP contribution < -0.4 is 5.32 Å². The maximum Gasteiger partial charge on any atom is 0.229 e. The lowest BCUT2D eigenvalue weighted by atomic mass is 9.98.